The zero-order valence-corrected chi connectivity index (χ0v) is 16.0. The minimum absolute atomic E-state index is 0.0199. The Balaban J connectivity index is 2.66. The normalized spacial score (nSPS) is 19.5. The molecule has 130 valence electrons. The molecule has 0 aromatic rings. The average molecular weight is 351 g/mol. The average Bonchev–Trinajstić information content (AvgIpc) is 2.34. The van der Waals surface area contributed by atoms with Crippen LogP contribution in [0.3, 0.4) is 0 Å². The van der Waals surface area contributed by atoms with Crippen LogP contribution in [0.2, 0.25) is 0 Å². The van der Waals surface area contributed by atoms with Crippen LogP contribution >= 0.6 is 11.8 Å². The quantitative estimate of drug-likeness (QED) is 0.554. The molecule has 2 N–H and O–H groups in total. The molecular weight excluding hydrogens is 320 g/mol. The number of thioether (sulfide) groups is 1. The van der Waals surface area contributed by atoms with Crippen LogP contribution in [-0.4, -0.2) is 67.8 Å². The van der Waals surface area contributed by atoms with Gasteiger partial charge in [-0.05, 0) is 34.6 Å². The Labute approximate surface area is 139 Å². The Morgan fingerprint density at radius 1 is 1.41 bits per heavy atom. The number of hydrogen-bond acceptors (Lipinski definition) is 4. The van der Waals surface area contributed by atoms with Gasteiger partial charge in [-0.15, -0.1) is 0 Å². The van der Waals surface area contributed by atoms with Gasteiger partial charge in [-0.3, -0.25) is 4.99 Å². The van der Waals surface area contributed by atoms with Gasteiger partial charge < -0.3 is 10.2 Å². The van der Waals surface area contributed by atoms with Crippen LogP contribution in [-0.2, 0) is 10.0 Å². The Morgan fingerprint density at radius 3 is 2.64 bits per heavy atom. The minimum atomic E-state index is -3.25. The van der Waals surface area contributed by atoms with Gasteiger partial charge in [0.15, 0.2) is 5.96 Å². The van der Waals surface area contributed by atoms with Crippen molar-refractivity contribution in [3.63, 3.8) is 0 Å². The lowest BCUT2D eigenvalue weighted by atomic mass is 10.2. The predicted octanol–water partition coefficient (Wildman–Crippen LogP) is 1.11. The van der Waals surface area contributed by atoms with Gasteiger partial charge in [0.2, 0.25) is 10.0 Å². The zero-order valence-electron chi connectivity index (χ0n) is 14.3. The number of rotatable bonds is 6. The predicted molar refractivity (Wildman–Crippen MR) is 96.1 cm³/mol. The summed E-state index contributed by atoms with van der Waals surface area (Å²) in [4.78, 5) is 6.72. The summed E-state index contributed by atoms with van der Waals surface area (Å²) in [6.45, 7) is 13.0. The fraction of sp³-hybridized carbons (Fsp3) is 0.929. The molecule has 1 aliphatic rings. The number of hydrogen-bond donors (Lipinski definition) is 2. The van der Waals surface area contributed by atoms with Crippen molar-refractivity contribution in [2.75, 3.05) is 37.7 Å². The topological polar surface area (TPSA) is 73.8 Å². The van der Waals surface area contributed by atoms with Gasteiger partial charge >= 0.3 is 0 Å². The first kappa shape index (κ1) is 19.6. The molecule has 1 saturated heterocycles. The molecule has 0 bridgehead atoms. The van der Waals surface area contributed by atoms with E-state index >= 15 is 0 Å². The van der Waals surface area contributed by atoms with E-state index in [1.165, 1.54) is 0 Å². The SMILES string of the molecule is CCNC(=NCCS(=O)(=O)NC(C)C)N1CCSC(C)(C)C1. The van der Waals surface area contributed by atoms with Crippen molar-refractivity contribution in [2.24, 2.45) is 4.99 Å². The Kier molecular flexibility index (Phi) is 7.48. The largest absolute Gasteiger partial charge is 0.357 e. The fourth-order valence-corrected chi connectivity index (χ4v) is 4.59. The molecule has 0 aliphatic carbocycles. The van der Waals surface area contributed by atoms with Crippen molar-refractivity contribution in [1.82, 2.24) is 14.9 Å². The molecule has 0 spiro atoms. The minimum Gasteiger partial charge on any atom is -0.357 e. The highest BCUT2D eigenvalue weighted by molar-refractivity contribution is 8.00. The molecule has 0 atom stereocenters. The molecule has 0 unspecified atom stereocenters. The molecule has 0 aromatic heterocycles. The van der Waals surface area contributed by atoms with E-state index in [1.54, 1.807) is 0 Å². The molecule has 1 fully saturated rings. The van der Waals surface area contributed by atoms with Crippen LogP contribution in [0.1, 0.15) is 34.6 Å². The number of aliphatic imine (C=N–C) groups is 1. The molecule has 1 rings (SSSR count). The second kappa shape index (κ2) is 8.40. The van der Waals surface area contributed by atoms with Crippen LogP contribution in [0, 0.1) is 0 Å². The molecule has 6 nitrogen and oxygen atoms in total. The lowest BCUT2D eigenvalue weighted by Gasteiger charge is -2.39. The van der Waals surface area contributed by atoms with E-state index in [4.69, 9.17) is 0 Å². The highest BCUT2D eigenvalue weighted by atomic mass is 32.2. The molecule has 0 amide bonds. The summed E-state index contributed by atoms with van der Waals surface area (Å²) in [7, 11) is -3.25. The van der Waals surface area contributed by atoms with Crippen molar-refractivity contribution in [1.29, 1.82) is 0 Å². The number of guanidine groups is 1. The van der Waals surface area contributed by atoms with E-state index in [2.05, 4.69) is 33.8 Å². The molecule has 0 aromatic carbocycles. The lowest BCUT2D eigenvalue weighted by Crippen LogP contribution is -2.51. The zero-order chi connectivity index (χ0) is 16.8. The van der Waals surface area contributed by atoms with Crippen LogP contribution in [0.15, 0.2) is 4.99 Å². The Morgan fingerprint density at radius 2 is 2.09 bits per heavy atom. The van der Waals surface area contributed by atoms with Gasteiger partial charge in [-0.1, -0.05) is 0 Å². The molecule has 1 aliphatic heterocycles. The van der Waals surface area contributed by atoms with Gasteiger partial charge in [-0.25, -0.2) is 13.1 Å². The van der Waals surface area contributed by atoms with E-state index in [-0.39, 0.29) is 23.1 Å². The molecular formula is C14H30N4O2S2. The summed E-state index contributed by atoms with van der Waals surface area (Å²) in [5, 5.41) is 3.27. The van der Waals surface area contributed by atoms with Crippen LogP contribution < -0.4 is 10.0 Å². The second-order valence-electron chi connectivity index (χ2n) is 6.36. The summed E-state index contributed by atoms with van der Waals surface area (Å²) in [6, 6.07) is -0.0814. The van der Waals surface area contributed by atoms with Gasteiger partial charge in [0, 0.05) is 36.2 Å². The summed E-state index contributed by atoms with van der Waals surface area (Å²) >= 11 is 1.96. The first-order valence-corrected chi connectivity index (χ1v) is 10.5. The number of nitrogens with zero attached hydrogens (tertiary/aromatic N) is 2. The van der Waals surface area contributed by atoms with E-state index in [1.807, 2.05) is 32.5 Å². The third-order valence-corrected chi connectivity index (χ3v) is 5.94. The van der Waals surface area contributed by atoms with Crippen LogP contribution in [0.25, 0.3) is 0 Å². The Bertz CT molecular complexity index is 475. The molecule has 0 radical (unpaired) electrons. The highest BCUT2D eigenvalue weighted by Gasteiger charge is 2.28. The molecule has 0 saturated carbocycles. The van der Waals surface area contributed by atoms with Gasteiger partial charge in [0.1, 0.15) is 0 Å². The first-order chi connectivity index (χ1) is 10.2. The van der Waals surface area contributed by atoms with E-state index in [0.29, 0.717) is 0 Å². The van der Waals surface area contributed by atoms with Crippen molar-refractivity contribution in [3.05, 3.63) is 0 Å². The van der Waals surface area contributed by atoms with Crippen LogP contribution in [0.4, 0.5) is 0 Å². The Hall–Kier alpha value is -0.470. The van der Waals surface area contributed by atoms with Crippen LogP contribution in [0.5, 0.6) is 0 Å². The van der Waals surface area contributed by atoms with Crippen molar-refractivity contribution < 1.29 is 8.42 Å². The second-order valence-corrected chi connectivity index (χ2v) is 10.0. The summed E-state index contributed by atoms with van der Waals surface area (Å²) in [5.41, 5.74) is 0. The highest BCUT2D eigenvalue weighted by Crippen LogP contribution is 2.29. The maximum Gasteiger partial charge on any atom is 0.213 e. The maximum atomic E-state index is 11.8. The van der Waals surface area contributed by atoms with Gasteiger partial charge in [0.25, 0.3) is 0 Å². The standard InChI is InChI=1S/C14H30N4O2S2/c1-6-15-13(18-8-9-21-14(4,5)11-18)16-7-10-22(19,20)17-12(2)3/h12,17H,6-11H2,1-5H3,(H,15,16). The number of nitrogens with one attached hydrogen (secondary N) is 2. The lowest BCUT2D eigenvalue weighted by molar-refractivity contribution is 0.376. The monoisotopic (exact) mass is 350 g/mol. The van der Waals surface area contributed by atoms with E-state index in [0.717, 1.165) is 31.3 Å². The summed E-state index contributed by atoms with van der Waals surface area (Å²) in [6.07, 6.45) is 0. The van der Waals surface area contributed by atoms with Gasteiger partial charge in [-0.2, -0.15) is 11.8 Å². The third-order valence-electron chi connectivity index (χ3n) is 3.10. The van der Waals surface area contributed by atoms with Gasteiger partial charge in [0.05, 0.1) is 12.3 Å². The van der Waals surface area contributed by atoms with Crippen molar-refractivity contribution in [3.8, 4) is 0 Å². The van der Waals surface area contributed by atoms with E-state index in [9.17, 15) is 8.42 Å². The van der Waals surface area contributed by atoms with E-state index < -0.39 is 10.0 Å². The first-order valence-electron chi connectivity index (χ1n) is 7.82. The summed E-state index contributed by atoms with van der Waals surface area (Å²) in [5.74, 6) is 1.90. The number of sulfonamides is 1. The van der Waals surface area contributed by atoms with Crippen molar-refractivity contribution in [2.45, 2.75) is 45.4 Å². The fourth-order valence-electron chi connectivity index (χ4n) is 2.31. The molecule has 1 heterocycles. The summed E-state index contributed by atoms with van der Waals surface area (Å²) < 4.78 is 26.5. The maximum absolute atomic E-state index is 11.8. The third kappa shape index (κ3) is 7.19. The molecule has 22 heavy (non-hydrogen) atoms. The smallest absolute Gasteiger partial charge is 0.213 e. The van der Waals surface area contributed by atoms with Crippen molar-refractivity contribution >= 4 is 27.7 Å². The molecule has 8 heteroatoms.